The number of hydrogen-bond donors (Lipinski definition) is 0. The fourth-order valence-corrected chi connectivity index (χ4v) is 2.39. The van der Waals surface area contributed by atoms with Gasteiger partial charge in [-0.3, -0.25) is 9.59 Å². The molecule has 0 heterocycles. The van der Waals surface area contributed by atoms with Crippen LogP contribution in [0, 0.1) is 5.92 Å². The molecule has 70 valence electrons. The molecule has 0 aromatic rings. The van der Waals surface area contributed by atoms with E-state index in [1.807, 2.05) is 6.92 Å². The minimum absolute atomic E-state index is 0.188. The molecule has 0 saturated heterocycles. The van der Waals surface area contributed by atoms with E-state index in [0.717, 1.165) is 30.4 Å². The van der Waals surface area contributed by atoms with E-state index in [9.17, 15) is 9.59 Å². The SMILES string of the molecule is CC1CC(=O)C2=C1C(=O)CCCC2. The van der Waals surface area contributed by atoms with Crippen molar-refractivity contribution in [1.82, 2.24) is 0 Å². The van der Waals surface area contributed by atoms with E-state index >= 15 is 0 Å². The molecule has 0 aromatic carbocycles. The maximum Gasteiger partial charge on any atom is 0.159 e. The van der Waals surface area contributed by atoms with Gasteiger partial charge in [0.05, 0.1) is 0 Å². The lowest BCUT2D eigenvalue weighted by molar-refractivity contribution is -0.116. The van der Waals surface area contributed by atoms with E-state index < -0.39 is 0 Å². The third-order valence-electron chi connectivity index (χ3n) is 3.03. The Morgan fingerprint density at radius 3 is 2.54 bits per heavy atom. The predicted octanol–water partition coefficient (Wildman–Crippen LogP) is 2.04. The van der Waals surface area contributed by atoms with E-state index in [1.165, 1.54) is 0 Å². The standard InChI is InChI=1S/C11H14O2/c1-7-6-10(13)8-4-2-3-5-9(12)11(7)8/h7H,2-6H2,1H3. The van der Waals surface area contributed by atoms with E-state index in [4.69, 9.17) is 0 Å². The highest BCUT2D eigenvalue weighted by Gasteiger charge is 2.33. The molecule has 0 aromatic heterocycles. The van der Waals surface area contributed by atoms with Crippen molar-refractivity contribution in [3.05, 3.63) is 11.1 Å². The number of rotatable bonds is 0. The topological polar surface area (TPSA) is 34.1 Å². The first kappa shape index (κ1) is 8.67. The van der Waals surface area contributed by atoms with Gasteiger partial charge in [0.25, 0.3) is 0 Å². The maximum absolute atomic E-state index is 11.6. The largest absolute Gasteiger partial charge is 0.295 e. The summed E-state index contributed by atoms with van der Waals surface area (Å²) in [6.07, 6.45) is 4.01. The number of hydrogen-bond acceptors (Lipinski definition) is 2. The molecule has 0 N–H and O–H groups in total. The smallest absolute Gasteiger partial charge is 0.159 e. The zero-order valence-corrected chi connectivity index (χ0v) is 7.93. The Kier molecular flexibility index (Phi) is 2.06. The van der Waals surface area contributed by atoms with Crippen LogP contribution in [0.25, 0.3) is 0 Å². The van der Waals surface area contributed by atoms with Crippen molar-refractivity contribution in [2.75, 3.05) is 0 Å². The number of ketones is 2. The number of Topliss-reactive ketones (excluding diaryl/α,β-unsaturated/α-hetero) is 2. The van der Waals surface area contributed by atoms with E-state index in [0.29, 0.717) is 12.8 Å². The van der Waals surface area contributed by atoms with E-state index in [-0.39, 0.29) is 17.5 Å². The predicted molar refractivity (Wildman–Crippen MR) is 49.3 cm³/mol. The van der Waals surface area contributed by atoms with Gasteiger partial charge in [0.2, 0.25) is 0 Å². The second kappa shape index (κ2) is 3.09. The molecule has 1 unspecified atom stereocenters. The lowest BCUT2D eigenvalue weighted by Gasteiger charge is -2.05. The zero-order valence-electron chi connectivity index (χ0n) is 7.93. The first-order chi connectivity index (χ1) is 6.20. The Morgan fingerprint density at radius 1 is 1.08 bits per heavy atom. The summed E-state index contributed by atoms with van der Waals surface area (Å²) in [6, 6.07) is 0. The second-order valence-electron chi connectivity index (χ2n) is 4.05. The van der Waals surface area contributed by atoms with Crippen molar-refractivity contribution in [2.24, 2.45) is 5.92 Å². The molecule has 2 nitrogen and oxygen atoms in total. The average molecular weight is 178 g/mol. The van der Waals surface area contributed by atoms with E-state index in [2.05, 4.69) is 0 Å². The molecule has 0 fully saturated rings. The molecule has 1 atom stereocenters. The Bertz CT molecular complexity index is 299. The molecule has 13 heavy (non-hydrogen) atoms. The van der Waals surface area contributed by atoms with Gasteiger partial charge in [-0.25, -0.2) is 0 Å². The fourth-order valence-electron chi connectivity index (χ4n) is 2.39. The van der Waals surface area contributed by atoms with Crippen molar-refractivity contribution in [3.63, 3.8) is 0 Å². The molecule has 2 aliphatic carbocycles. The Labute approximate surface area is 78.0 Å². The Balaban J connectivity index is 2.40. The summed E-state index contributed by atoms with van der Waals surface area (Å²) in [7, 11) is 0. The quantitative estimate of drug-likeness (QED) is 0.568. The molecular weight excluding hydrogens is 164 g/mol. The second-order valence-corrected chi connectivity index (χ2v) is 4.05. The summed E-state index contributed by atoms with van der Waals surface area (Å²) < 4.78 is 0. The average Bonchev–Trinajstić information content (AvgIpc) is 2.28. The lowest BCUT2D eigenvalue weighted by atomic mass is 9.98. The zero-order chi connectivity index (χ0) is 9.42. The van der Waals surface area contributed by atoms with Gasteiger partial charge < -0.3 is 0 Å². The molecule has 2 aliphatic rings. The van der Waals surface area contributed by atoms with Crippen LogP contribution in [0.2, 0.25) is 0 Å². The molecule has 0 radical (unpaired) electrons. The molecule has 2 rings (SSSR count). The van der Waals surface area contributed by atoms with Gasteiger partial charge >= 0.3 is 0 Å². The van der Waals surface area contributed by atoms with Crippen LogP contribution in [-0.2, 0) is 9.59 Å². The molecule has 0 saturated carbocycles. The molecule has 2 heteroatoms. The van der Waals surface area contributed by atoms with Gasteiger partial charge in [-0.05, 0) is 25.2 Å². The Morgan fingerprint density at radius 2 is 1.77 bits per heavy atom. The van der Waals surface area contributed by atoms with Crippen LogP contribution >= 0.6 is 0 Å². The van der Waals surface area contributed by atoms with Crippen LogP contribution in [0.4, 0.5) is 0 Å². The van der Waals surface area contributed by atoms with Crippen LogP contribution in [0.5, 0.6) is 0 Å². The summed E-state index contributed by atoms with van der Waals surface area (Å²) in [6.45, 7) is 1.99. The summed E-state index contributed by atoms with van der Waals surface area (Å²) >= 11 is 0. The third-order valence-corrected chi connectivity index (χ3v) is 3.03. The van der Waals surface area contributed by atoms with Crippen molar-refractivity contribution in [1.29, 1.82) is 0 Å². The summed E-state index contributed by atoms with van der Waals surface area (Å²) in [4.78, 5) is 23.1. The number of allylic oxidation sites excluding steroid dienone is 2. The normalized spacial score (nSPS) is 29.2. The summed E-state index contributed by atoms with van der Waals surface area (Å²) in [5.74, 6) is 0.636. The van der Waals surface area contributed by atoms with Crippen molar-refractivity contribution < 1.29 is 9.59 Å². The highest BCUT2D eigenvalue weighted by molar-refractivity contribution is 6.10. The van der Waals surface area contributed by atoms with Gasteiger partial charge in [0.15, 0.2) is 11.6 Å². The summed E-state index contributed by atoms with van der Waals surface area (Å²) in [5, 5.41) is 0. The first-order valence-corrected chi connectivity index (χ1v) is 4.99. The number of carbonyl (C=O) groups is 2. The van der Waals surface area contributed by atoms with Gasteiger partial charge in [0.1, 0.15) is 0 Å². The maximum atomic E-state index is 11.6. The summed E-state index contributed by atoms with van der Waals surface area (Å²) in [5.41, 5.74) is 1.72. The van der Waals surface area contributed by atoms with Crippen molar-refractivity contribution in [2.45, 2.75) is 39.0 Å². The van der Waals surface area contributed by atoms with Gasteiger partial charge in [-0.2, -0.15) is 0 Å². The number of carbonyl (C=O) groups excluding carboxylic acids is 2. The molecule has 0 amide bonds. The Hall–Kier alpha value is -0.920. The van der Waals surface area contributed by atoms with Crippen LogP contribution in [0.3, 0.4) is 0 Å². The fraction of sp³-hybridized carbons (Fsp3) is 0.636. The third kappa shape index (κ3) is 1.34. The molecule has 0 aliphatic heterocycles. The van der Waals surface area contributed by atoms with Crippen LogP contribution in [0.15, 0.2) is 11.1 Å². The lowest BCUT2D eigenvalue weighted by Crippen LogP contribution is -2.06. The minimum Gasteiger partial charge on any atom is -0.295 e. The van der Waals surface area contributed by atoms with E-state index in [1.54, 1.807) is 0 Å². The van der Waals surface area contributed by atoms with Gasteiger partial charge in [-0.1, -0.05) is 6.92 Å². The van der Waals surface area contributed by atoms with Gasteiger partial charge in [0, 0.05) is 24.0 Å². The van der Waals surface area contributed by atoms with Crippen molar-refractivity contribution in [3.8, 4) is 0 Å². The first-order valence-electron chi connectivity index (χ1n) is 4.99. The highest BCUT2D eigenvalue weighted by atomic mass is 16.1. The van der Waals surface area contributed by atoms with Crippen LogP contribution in [-0.4, -0.2) is 11.6 Å². The highest BCUT2D eigenvalue weighted by Crippen LogP contribution is 2.35. The van der Waals surface area contributed by atoms with Crippen molar-refractivity contribution >= 4 is 11.6 Å². The molecule has 0 bridgehead atoms. The molecule has 0 spiro atoms. The van der Waals surface area contributed by atoms with Crippen LogP contribution in [0.1, 0.15) is 39.0 Å². The monoisotopic (exact) mass is 178 g/mol. The molecular formula is C11H14O2. The van der Waals surface area contributed by atoms with Gasteiger partial charge in [-0.15, -0.1) is 0 Å². The minimum atomic E-state index is 0.188. The van der Waals surface area contributed by atoms with Crippen LogP contribution < -0.4 is 0 Å².